The molecule has 0 radical (unpaired) electrons. The number of hydrogen-bond donors (Lipinski definition) is 0. The molecule has 0 N–H and O–H groups in total. The molecule has 0 amide bonds. The lowest BCUT2D eigenvalue weighted by atomic mass is 10.2. The predicted octanol–water partition coefficient (Wildman–Crippen LogP) is 1.51. The summed E-state index contributed by atoms with van der Waals surface area (Å²) in [7, 11) is 3.97. The number of nitrogens with zero attached hydrogens (tertiary/aromatic N) is 1. The zero-order chi connectivity index (χ0) is 8.10. The molecule has 2 heteroatoms. The quantitative estimate of drug-likeness (QED) is 0.613. The van der Waals surface area contributed by atoms with E-state index in [-0.39, 0.29) is 0 Å². The molecule has 0 atom stereocenters. The molecule has 0 bridgehead atoms. The SMILES string of the molecule is COCCN(C)C1CCCC1. The second kappa shape index (κ2) is 4.73. The van der Waals surface area contributed by atoms with Crippen LogP contribution >= 0.6 is 0 Å². The lowest BCUT2D eigenvalue weighted by Crippen LogP contribution is -2.31. The monoisotopic (exact) mass is 157 g/mol. The lowest BCUT2D eigenvalue weighted by Gasteiger charge is -2.23. The average molecular weight is 157 g/mol. The van der Waals surface area contributed by atoms with Crippen molar-refractivity contribution >= 4 is 0 Å². The number of likely N-dealkylation sites (N-methyl/N-ethyl adjacent to an activating group) is 1. The van der Waals surface area contributed by atoms with E-state index >= 15 is 0 Å². The van der Waals surface area contributed by atoms with Gasteiger partial charge in [-0.1, -0.05) is 12.8 Å². The van der Waals surface area contributed by atoms with Crippen molar-refractivity contribution in [3.63, 3.8) is 0 Å². The molecule has 1 fully saturated rings. The van der Waals surface area contributed by atoms with Crippen LogP contribution in [0.5, 0.6) is 0 Å². The fourth-order valence-electron chi connectivity index (χ4n) is 1.76. The van der Waals surface area contributed by atoms with Gasteiger partial charge in [-0.25, -0.2) is 0 Å². The van der Waals surface area contributed by atoms with Crippen LogP contribution in [0.1, 0.15) is 25.7 Å². The van der Waals surface area contributed by atoms with E-state index in [1.807, 2.05) is 0 Å². The minimum absolute atomic E-state index is 0.838. The first-order chi connectivity index (χ1) is 5.34. The normalized spacial score (nSPS) is 19.9. The number of hydrogen-bond acceptors (Lipinski definition) is 2. The summed E-state index contributed by atoms with van der Waals surface area (Å²) in [4.78, 5) is 2.43. The third-order valence-electron chi connectivity index (χ3n) is 2.60. The maximum absolute atomic E-state index is 5.03. The van der Waals surface area contributed by atoms with E-state index in [9.17, 15) is 0 Å². The third kappa shape index (κ3) is 2.80. The first kappa shape index (κ1) is 9.01. The van der Waals surface area contributed by atoms with Gasteiger partial charge in [0.15, 0.2) is 0 Å². The molecule has 1 rings (SSSR count). The van der Waals surface area contributed by atoms with Crippen molar-refractivity contribution in [3.8, 4) is 0 Å². The molecule has 0 aliphatic heterocycles. The molecule has 2 nitrogen and oxygen atoms in total. The Hall–Kier alpha value is -0.0800. The molecule has 0 aromatic carbocycles. The Balaban J connectivity index is 2.12. The van der Waals surface area contributed by atoms with Gasteiger partial charge in [0.1, 0.15) is 0 Å². The van der Waals surface area contributed by atoms with E-state index in [1.54, 1.807) is 7.11 Å². The van der Waals surface area contributed by atoms with Crippen molar-refractivity contribution in [1.82, 2.24) is 4.90 Å². The molecule has 0 heterocycles. The Morgan fingerprint density at radius 3 is 2.55 bits per heavy atom. The van der Waals surface area contributed by atoms with Gasteiger partial charge in [-0.3, -0.25) is 0 Å². The Morgan fingerprint density at radius 1 is 1.36 bits per heavy atom. The number of methoxy groups -OCH3 is 1. The second-order valence-electron chi connectivity index (χ2n) is 3.41. The molecule has 0 aromatic heterocycles. The van der Waals surface area contributed by atoms with Crippen LogP contribution in [-0.2, 0) is 4.74 Å². The summed E-state index contributed by atoms with van der Waals surface area (Å²) in [5.41, 5.74) is 0. The van der Waals surface area contributed by atoms with Crippen LogP contribution in [0.4, 0.5) is 0 Å². The highest BCUT2D eigenvalue weighted by Crippen LogP contribution is 2.21. The zero-order valence-electron chi connectivity index (χ0n) is 7.68. The molecular formula is C9H19NO. The summed E-state index contributed by atoms with van der Waals surface area (Å²) in [6.07, 6.45) is 5.62. The molecule has 1 saturated carbocycles. The molecule has 1 aliphatic carbocycles. The Kier molecular flexibility index (Phi) is 3.87. The van der Waals surface area contributed by atoms with Crippen LogP contribution in [-0.4, -0.2) is 38.3 Å². The van der Waals surface area contributed by atoms with Crippen molar-refractivity contribution in [3.05, 3.63) is 0 Å². The van der Waals surface area contributed by atoms with E-state index < -0.39 is 0 Å². The standard InChI is InChI=1S/C9H19NO/c1-10(7-8-11-2)9-5-3-4-6-9/h9H,3-8H2,1-2H3. The molecule has 1 aliphatic rings. The van der Waals surface area contributed by atoms with Crippen LogP contribution in [0.15, 0.2) is 0 Å². The smallest absolute Gasteiger partial charge is 0.0589 e. The Morgan fingerprint density at radius 2 is 2.00 bits per heavy atom. The summed E-state index contributed by atoms with van der Waals surface area (Å²) in [5, 5.41) is 0. The highest BCUT2D eigenvalue weighted by molar-refractivity contribution is 4.74. The van der Waals surface area contributed by atoms with E-state index in [0.29, 0.717) is 0 Å². The summed E-state index contributed by atoms with van der Waals surface area (Å²) >= 11 is 0. The summed E-state index contributed by atoms with van der Waals surface area (Å²) in [6.45, 7) is 1.95. The van der Waals surface area contributed by atoms with Gasteiger partial charge in [-0.05, 0) is 19.9 Å². The van der Waals surface area contributed by atoms with Crippen molar-refractivity contribution in [2.45, 2.75) is 31.7 Å². The molecular weight excluding hydrogens is 138 g/mol. The first-order valence-electron chi connectivity index (χ1n) is 4.54. The number of rotatable bonds is 4. The van der Waals surface area contributed by atoms with Crippen molar-refractivity contribution in [2.24, 2.45) is 0 Å². The van der Waals surface area contributed by atoms with Crippen molar-refractivity contribution in [1.29, 1.82) is 0 Å². The van der Waals surface area contributed by atoms with E-state index in [2.05, 4.69) is 11.9 Å². The first-order valence-corrected chi connectivity index (χ1v) is 4.54. The van der Waals surface area contributed by atoms with Gasteiger partial charge in [0.25, 0.3) is 0 Å². The minimum atomic E-state index is 0.838. The summed E-state index contributed by atoms with van der Waals surface area (Å²) < 4.78 is 5.03. The van der Waals surface area contributed by atoms with Gasteiger partial charge in [-0.15, -0.1) is 0 Å². The molecule has 0 saturated heterocycles. The van der Waals surface area contributed by atoms with E-state index in [0.717, 1.165) is 19.2 Å². The fraction of sp³-hybridized carbons (Fsp3) is 1.00. The second-order valence-corrected chi connectivity index (χ2v) is 3.41. The van der Waals surface area contributed by atoms with Crippen LogP contribution in [0.2, 0.25) is 0 Å². The Bertz CT molecular complexity index is 99.7. The van der Waals surface area contributed by atoms with Gasteiger partial charge in [-0.2, -0.15) is 0 Å². The van der Waals surface area contributed by atoms with Crippen LogP contribution in [0.3, 0.4) is 0 Å². The van der Waals surface area contributed by atoms with Crippen molar-refractivity contribution in [2.75, 3.05) is 27.3 Å². The van der Waals surface area contributed by atoms with E-state index in [1.165, 1.54) is 25.7 Å². The fourth-order valence-corrected chi connectivity index (χ4v) is 1.76. The number of ether oxygens (including phenoxy) is 1. The summed E-state index contributed by atoms with van der Waals surface area (Å²) in [5.74, 6) is 0. The summed E-state index contributed by atoms with van der Waals surface area (Å²) in [6, 6.07) is 0.838. The minimum Gasteiger partial charge on any atom is -0.383 e. The van der Waals surface area contributed by atoms with Gasteiger partial charge in [0, 0.05) is 19.7 Å². The van der Waals surface area contributed by atoms with Gasteiger partial charge >= 0.3 is 0 Å². The molecule has 0 aromatic rings. The molecule has 11 heavy (non-hydrogen) atoms. The van der Waals surface area contributed by atoms with Gasteiger partial charge < -0.3 is 9.64 Å². The zero-order valence-corrected chi connectivity index (χ0v) is 7.68. The largest absolute Gasteiger partial charge is 0.383 e. The maximum Gasteiger partial charge on any atom is 0.0589 e. The Labute approximate surface area is 69.5 Å². The highest BCUT2D eigenvalue weighted by Gasteiger charge is 2.18. The molecule has 0 spiro atoms. The van der Waals surface area contributed by atoms with Crippen LogP contribution < -0.4 is 0 Å². The van der Waals surface area contributed by atoms with Crippen LogP contribution in [0, 0.1) is 0 Å². The van der Waals surface area contributed by atoms with Gasteiger partial charge in [0.2, 0.25) is 0 Å². The van der Waals surface area contributed by atoms with Gasteiger partial charge in [0.05, 0.1) is 6.61 Å². The highest BCUT2D eigenvalue weighted by atomic mass is 16.5. The third-order valence-corrected chi connectivity index (χ3v) is 2.60. The molecule has 0 unspecified atom stereocenters. The topological polar surface area (TPSA) is 12.5 Å². The predicted molar refractivity (Wildman–Crippen MR) is 46.8 cm³/mol. The van der Waals surface area contributed by atoms with Crippen LogP contribution in [0.25, 0.3) is 0 Å². The lowest BCUT2D eigenvalue weighted by molar-refractivity contribution is 0.140. The average Bonchev–Trinajstić information content (AvgIpc) is 2.52. The van der Waals surface area contributed by atoms with E-state index in [4.69, 9.17) is 4.74 Å². The molecule has 66 valence electrons. The maximum atomic E-state index is 5.03. The van der Waals surface area contributed by atoms with Crippen molar-refractivity contribution < 1.29 is 4.74 Å².